The quantitative estimate of drug-likeness (QED) is 0.516. The average molecular weight is 435 g/mol. The van der Waals surface area contributed by atoms with E-state index in [1.54, 1.807) is 48.3 Å². The fraction of sp³-hybridized carbons (Fsp3) is 0.120. The van der Waals surface area contributed by atoms with Gasteiger partial charge in [-0.2, -0.15) is 0 Å². The molecule has 0 N–H and O–H groups in total. The lowest BCUT2D eigenvalue weighted by atomic mass is 10.0. The minimum absolute atomic E-state index is 0.201. The molecule has 1 heterocycles. The Labute approximate surface area is 185 Å². The Hall–Kier alpha value is -3.44. The molecule has 4 rings (SSSR count). The van der Waals surface area contributed by atoms with Crippen LogP contribution < -0.4 is 4.90 Å². The van der Waals surface area contributed by atoms with Crippen molar-refractivity contribution in [1.29, 1.82) is 0 Å². The molecule has 31 heavy (non-hydrogen) atoms. The molecule has 3 aromatic carbocycles. The van der Waals surface area contributed by atoms with Gasteiger partial charge in [-0.25, -0.2) is 4.39 Å². The molecule has 0 fully saturated rings. The highest BCUT2D eigenvalue weighted by Gasteiger charge is 2.40. The number of halogens is 2. The molecule has 156 valence electrons. The smallest absolute Gasteiger partial charge is 0.278 e. The van der Waals surface area contributed by atoms with E-state index >= 15 is 0 Å². The van der Waals surface area contributed by atoms with Crippen molar-refractivity contribution in [1.82, 2.24) is 4.90 Å². The molecule has 0 spiro atoms. The van der Waals surface area contributed by atoms with Crippen LogP contribution >= 0.6 is 11.6 Å². The third-order valence-electron chi connectivity index (χ3n) is 5.29. The fourth-order valence-electron chi connectivity index (χ4n) is 3.63. The number of carbonyl (C=O) groups is 2. The SMILES string of the molecule is CN(C1=C(c2ccc(Cl)cc2)C(=O)N(CCc2ccc(F)cc2)C1=O)c1ccccc1. The molecule has 6 heteroatoms. The normalized spacial score (nSPS) is 13.8. The van der Waals surface area contributed by atoms with Crippen LogP contribution in [0.3, 0.4) is 0 Å². The number of rotatable bonds is 6. The van der Waals surface area contributed by atoms with Crippen LogP contribution in [0.15, 0.2) is 84.6 Å². The predicted octanol–water partition coefficient (Wildman–Crippen LogP) is 4.94. The van der Waals surface area contributed by atoms with Gasteiger partial charge in [0.15, 0.2) is 0 Å². The molecule has 3 aromatic rings. The van der Waals surface area contributed by atoms with E-state index in [9.17, 15) is 14.0 Å². The first kappa shape index (κ1) is 20.8. The summed E-state index contributed by atoms with van der Waals surface area (Å²) in [5.74, 6) is -1.04. The molecule has 0 radical (unpaired) electrons. The molecule has 2 amide bonds. The van der Waals surface area contributed by atoms with Crippen molar-refractivity contribution < 1.29 is 14.0 Å². The monoisotopic (exact) mass is 434 g/mol. The van der Waals surface area contributed by atoms with Gasteiger partial charge in [0.2, 0.25) is 0 Å². The van der Waals surface area contributed by atoms with Gasteiger partial charge in [0, 0.05) is 24.3 Å². The first-order valence-corrected chi connectivity index (χ1v) is 10.2. The van der Waals surface area contributed by atoms with Crippen LogP contribution in [-0.4, -0.2) is 30.3 Å². The van der Waals surface area contributed by atoms with E-state index < -0.39 is 0 Å². The topological polar surface area (TPSA) is 40.6 Å². The number of para-hydroxylation sites is 1. The summed E-state index contributed by atoms with van der Waals surface area (Å²) in [6.45, 7) is 0.201. The molecular formula is C25H20ClFN2O2. The van der Waals surface area contributed by atoms with Crippen molar-refractivity contribution in [2.45, 2.75) is 6.42 Å². The second-order valence-corrected chi connectivity index (χ2v) is 7.70. The maximum atomic E-state index is 13.4. The molecule has 0 saturated carbocycles. The van der Waals surface area contributed by atoms with E-state index in [0.717, 1.165) is 11.3 Å². The number of anilines is 1. The number of nitrogens with zero attached hydrogens (tertiary/aromatic N) is 2. The Morgan fingerprint density at radius 2 is 1.52 bits per heavy atom. The molecular weight excluding hydrogens is 415 g/mol. The minimum Gasteiger partial charge on any atom is -0.339 e. The van der Waals surface area contributed by atoms with Crippen molar-refractivity contribution in [2.75, 3.05) is 18.5 Å². The van der Waals surface area contributed by atoms with Gasteiger partial charge in [-0.1, -0.05) is 54.1 Å². The molecule has 0 aliphatic carbocycles. The highest BCUT2D eigenvalue weighted by Crippen LogP contribution is 2.34. The van der Waals surface area contributed by atoms with Gasteiger partial charge in [-0.05, 0) is 53.9 Å². The molecule has 0 saturated heterocycles. The third-order valence-corrected chi connectivity index (χ3v) is 5.54. The van der Waals surface area contributed by atoms with Crippen LogP contribution in [0.4, 0.5) is 10.1 Å². The van der Waals surface area contributed by atoms with E-state index in [1.165, 1.54) is 17.0 Å². The number of amides is 2. The number of carbonyl (C=O) groups excluding carboxylic acids is 2. The van der Waals surface area contributed by atoms with Crippen molar-refractivity contribution in [3.8, 4) is 0 Å². The summed E-state index contributed by atoms with van der Waals surface area (Å²) in [5, 5.41) is 0.548. The van der Waals surface area contributed by atoms with Gasteiger partial charge in [-0.3, -0.25) is 14.5 Å². The third kappa shape index (κ3) is 4.23. The van der Waals surface area contributed by atoms with Gasteiger partial charge in [0.25, 0.3) is 11.8 Å². The molecule has 4 nitrogen and oxygen atoms in total. The summed E-state index contributed by atoms with van der Waals surface area (Å²) < 4.78 is 13.2. The van der Waals surface area contributed by atoms with E-state index in [0.29, 0.717) is 28.3 Å². The Kier molecular flexibility index (Phi) is 5.87. The Morgan fingerprint density at radius 1 is 0.871 bits per heavy atom. The minimum atomic E-state index is -0.358. The second kappa shape index (κ2) is 8.74. The van der Waals surface area contributed by atoms with Crippen molar-refractivity contribution in [3.63, 3.8) is 0 Å². The lowest BCUT2D eigenvalue weighted by molar-refractivity contribution is -0.136. The van der Waals surface area contributed by atoms with Gasteiger partial charge in [0.05, 0.1) is 5.57 Å². The van der Waals surface area contributed by atoms with Crippen LogP contribution in [0, 0.1) is 5.82 Å². The van der Waals surface area contributed by atoms with Crippen molar-refractivity contribution in [2.24, 2.45) is 0 Å². The average Bonchev–Trinajstić information content (AvgIpc) is 3.03. The maximum absolute atomic E-state index is 13.4. The molecule has 0 unspecified atom stereocenters. The van der Waals surface area contributed by atoms with Gasteiger partial charge < -0.3 is 4.90 Å². The summed E-state index contributed by atoms with van der Waals surface area (Å²) in [4.78, 5) is 29.7. The van der Waals surface area contributed by atoms with Gasteiger partial charge >= 0.3 is 0 Å². The Morgan fingerprint density at radius 3 is 2.16 bits per heavy atom. The predicted molar refractivity (Wildman–Crippen MR) is 120 cm³/mol. The summed E-state index contributed by atoms with van der Waals surface area (Å²) in [6.07, 6.45) is 0.438. The van der Waals surface area contributed by atoms with E-state index in [2.05, 4.69) is 0 Å². The fourth-order valence-corrected chi connectivity index (χ4v) is 3.75. The number of imide groups is 1. The summed E-state index contributed by atoms with van der Waals surface area (Å²) in [7, 11) is 1.77. The van der Waals surface area contributed by atoms with E-state index in [1.807, 2.05) is 30.3 Å². The molecule has 0 aromatic heterocycles. The summed E-state index contributed by atoms with van der Waals surface area (Å²) >= 11 is 6.02. The molecule has 1 aliphatic rings. The largest absolute Gasteiger partial charge is 0.339 e. The lowest BCUT2D eigenvalue weighted by Gasteiger charge is -2.21. The van der Waals surface area contributed by atoms with E-state index in [4.69, 9.17) is 11.6 Å². The van der Waals surface area contributed by atoms with Gasteiger partial charge in [-0.15, -0.1) is 0 Å². The summed E-state index contributed by atoms with van der Waals surface area (Å²) in [6, 6.07) is 22.3. The van der Waals surface area contributed by atoms with Crippen LogP contribution in [0.2, 0.25) is 5.02 Å². The number of hydrogen-bond acceptors (Lipinski definition) is 3. The lowest BCUT2D eigenvalue weighted by Crippen LogP contribution is -2.35. The zero-order valence-electron chi connectivity index (χ0n) is 16.9. The number of hydrogen-bond donors (Lipinski definition) is 0. The van der Waals surface area contributed by atoms with E-state index in [-0.39, 0.29) is 24.2 Å². The number of likely N-dealkylation sites (N-methyl/N-ethyl adjacent to an activating group) is 1. The second-order valence-electron chi connectivity index (χ2n) is 7.26. The standard InChI is InChI=1S/C25H20ClFN2O2/c1-28(21-5-3-2-4-6-21)23-22(18-9-11-19(26)12-10-18)24(30)29(25(23)31)16-15-17-7-13-20(27)14-8-17/h2-14H,15-16H2,1H3. The van der Waals surface area contributed by atoms with Crippen molar-refractivity contribution in [3.05, 3.63) is 107 Å². The zero-order valence-corrected chi connectivity index (χ0v) is 17.6. The highest BCUT2D eigenvalue weighted by molar-refractivity contribution is 6.37. The molecule has 0 atom stereocenters. The van der Waals surface area contributed by atoms with Gasteiger partial charge in [0.1, 0.15) is 11.5 Å². The first-order valence-electron chi connectivity index (χ1n) is 9.85. The van der Waals surface area contributed by atoms with Crippen molar-refractivity contribution >= 4 is 34.7 Å². The number of benzene rings is 3. The summed E-state index contributed by atoms with van der Waals surface area (Å²) in [5.41, 5.74) is 2.93. The van der Waals surface area contributed by atoms with Crippen LogP contribution in [0.5, 0.6) is 0 Å². The van der Waals surface area contributed by atoms with Crippen LogP contribution in [0.1, 0.15) is 11.1 Å². The Balaban J connectivity index is 1.69. The first-order chi connectivity index (χ1) is 15.0. The zero-order chi connectivity index (χ0) is 22.0. The molecule has 1 aliphatic heterocycles. The highest BCUT2D eigenvalue weighted by atomic mass is 35.5. The maximum Gasteiger partial charge on any atom is 0.278 e. The molecule has 0 bridgehead atoms. The van der Waals surface area contributed by atoms with Crippen LogP contribution in [0.25, 0.3) is 5.57 Å². The Bertz CT molecular complexity index is 1140. The van der Waals surface area contributed by atoms with Crippen LogP contribution in [-0.2, 0) is 16.0 Å².